The first-order valence-corrected chi connectivity index (χ1v) is 14.8. The molecule has 0 nitrogen and oxygen atoms in total. The second kappa shape index (κ2) is 11.0. The fourth-order valence-electron chi connectivity index (χ4n) is 7.68. The van der Waals surface area contributed by atoms with Crippen molar-refractivity contribution in [3.8, 4) is 0 Å². The van der Waals surface area contributed by atoms with Crippen LogP contribution < -0.4 is 0 Å². The molecule has 0 aromatic heterocycles. The van der Waals surface area contributed by atoms with Crippen LogP contribution in [0.5, 0.6) is 0 Å². The molecular weight excluding hydrogens is 429 g/mol. The summed E-state index contributed by atoms with van der Waals surface area (Å²) >= 11 is 19.8. The van der Waals surface area contributed by atoms with Crippen molar-refractivity contribution >= 4 is 50.5 Å². The first kappa shape index (κ1) is 23.6. The molecule has 29 heavy (non-hydrogen) atoms. The van der Waals surface area contributed by atoms with Crippen LogP contribution >= 0.6 is 50.5 Å². The van der Waals surface area contributed by atoms with Crippen LogP contribution in [0.4, 0.5) is 0 Å². The normalized spacial score (nSPS) is 50.1. The molecule has 0 N–H and O–H groups in total. The Morgan fingerprint density at radius 2 is 0.621 bits per heavy atom. The molecule has 0 aromatic carbocycles. The van der Waals surface area contributed by atoms with Gasteiger partial charge in [-0.2, -0.15) is 50.5 Å². The quantitative estimate of drug-likeness (QED) is 0.234. The van der Waals surface area contributed by atoms with Crippen molar-refractivity contribution in [2.45, 2.75) is 117 Å². The number of thiol groups is 4. The highest BCUT2D eigenvalue weighted by molar-refractivity contribution is 7.81. The smallest absolute Gasteiger partial charge is 0.00222 e. The summed E-state index contributed by atoms with van der Waals surface area (Å²) in [6.07, 6.45) is 20.9. The molecule has 0 aliphatic heterocycles. The largest absolute Gasteiger partial charge is 0.176 e. The summed E-state index contributed by atoms with van der Waals surface area (Å²) in [7, 11) is 0. The minimum atomic E-state index is 0.616. The van der Waals surface area contributed by atoms with E-state index in [2.05, 4.69) is 0 Å². The van der Waals surface area contributed by atoms with Gasteiger partial charge >= 0.3 is 0 Å². The zero-order valence-corrected chi connectivity index (χ0v) is 21.7. The molecule has 4 aliphatic carbocycles. The number of hydrogen-bond donors (Lipinski definition) is 4. The van der Waals surface area contributed by atoms with Crippen LogP contribution in [0.2, 0.25) is 0 Å². The molecular formula is C25H44S4. The standard InChI is InChI=1S/C25H44S4/c26-22-3-1-2-16(10-22)17-4-5-18(13-24(28)12-17)19-6-7-20(15-25(29)14-19)21-8-9-23(27)11-21/h16-29H,1-15H2. The third-order valence-corrected chi connectivity index (χ3v) is 11.0. The fourth-order valence-corrected chi connectivity index (χ4v) is 9.64. The lowest BCUT2D eigenvalue weighted by atomic mass is 9.76. The molecule has 4 saturated carbocycles. The molecule has 0 radical (unpaired) electrons. The second-order valence-corrected chi connectivity index (χ2v) is 14.2. The van der Waals surface area contributed by atoms with E-state index >= 15 is 0 Å². The van der Waals surface area contributed by atoms with Gasteiger partial charge in [0.2, 0.25) is 0 Å². The van der Waals surface area contributed by atoms with Gasteiger partial charge < -0.3 is 0 Å². The lowest BCUT2D eigenvalue weighted by Gasteiger charge is -2.33. The summed E-state index contributed by atoms with van der Waals surface area (Å²) in [6, 6.07) is 0. The summed E-state index contributed by atoms with van der Waals surface area (Å²) in [5.41, 5.74) is 0. The van der Waals surface area contributed by atoms with Crippen LogP contribution in [0.3, 0.4) is 0 Å². The van der Waals surface area contributed by atoms with Gasteiger partial charge in [0.25, 0.3) is 0 Å². The molecule has 0 amide bonds. The van der Waals surface area contributed by atoms with Crippen molar-refractivity contribution in [1.29, 1.82) is 0 Å². The Morgan fingerprint density at radius 1 is 0.310 bits per heavy atom. The molecule has 10 atom stereocenters. The van der Waals surface area contributed by atoms with Crippen LogP contribution in [-0.2, 0) is 0 Å². The molecule has 0 bridgehead atoms. The van der Waals surface area contributed by atoms with Gasteiger partial charge in [-0.05, 0) is 119 Å². The minimum Gasteiger partial charge on any atom is -0.176 e. The molecule has 168 valence electrons. The monoisotopic (exact) mass is 472 g/mol. The van der Waals surface area contributed by atoms with Crippen LogP contribution in [0, 0.1) is 35.5 Å². The Labute approximate surface area is 202 Å². The molecule has 0 saturated heterocycles. The highest BCUT2D eigenvalue weighted by atomic mass is 32.1. The van der Waals surface area contributed by atoms with Gasteiger partial charge in [-0.25, -0.2) is 0 Å². The van der Waals surface area contributed by atoms with Crippen molar-refractivity contribution in [1.82, 2.24) is 0 Å². The van der Waals surface area contributed by atoms with Crippen molar-refractivity contribution in [2.24, 2.45) is 35.5 Å². The van der Waals surface area contributed by atoms with Crippen molar-refractivity contribution in [2.75, 3.05) is 0 Å². The van der Waals surface area contributed by atoms with E-state index in [1.54, 1.807) is 0 Å². The Balaban J connectivity index is 1.34. The van der Waals surface area contributed by atoms with Gasteiger partial charge in [0.15, 0.2) is 0 Å². The van der Waals surface area contributed by atoms with Gasteiger partial charge in [0.05, 0.1) is 0 Å². The molecule has 4 aliphatic rings. The summed E-state index contributed by atoms with van der Waals surface area (Å²) < 4.78 is 0. The third kappa shape index (κ3) is 6.47. The molecule has 0 aromatic rings. The van der Waals surface area contributed by atoms with Gasteiger partial charge in [0, 0.05) is 21.0 Å². The maximum absolute atomic E-state index is 5.11. The molecule has 4 rings (SSSR count). The van der Waals surface area contributed by atoms with Gasteiger partial charge in [-0.15, -0.1) is 0 Å². The van der Waals surface area contributed by atoms with Gasteiger partial charge in [-0.1, -0.05) is 12.8 Å². The van der Waals surface area contributed by atoms with E-state index in [-0.39, 0.29) is 0 Å². The lowest BCUT2D eigenvalue weighted by molar-refractivity contribution is 0.219. The number of hydrogen-bond acceptors (Lipinski definition) is 4. The first-order valence-electron chi connectivity index (χ1n) is 12.7. The topological polar surface area (TPSA) is 0 Å². The van der Waals surface area contributed by atoms with Crippen molar-refractivity contribution in [3.05, 3.63) is 0 Å². The lowest BCUT2D eigenvalue weighted by Crippen LogP contribution is -2.24. The fraction of sp³-hybridized carbons (Fsp3) is 1.00. The van der Waals surface area contributed by atoms with E-state index in [0.29, 0.717) is 21.0 Å². The average molecular weight is 473 g/mol. The summed E-state index contributed by atoms with van der Waals surface area (Å²) in [5.74, 6) is 5.48. The van der Waals surface area contributed by atoms with E-state index in [1.165, 1.54) is 96.3 Å². The van der Waals surface area contributed by atoms with Crippen LogP contribution in [0.1, 0.15) is 96.3 Å². The van der Waals surface area contributed by atoms with Gasteiger partial charge in [-0.3, -0.25) is 0 Å². The first-order chi connectivity index (χ1) is 14.0. The second-order valence-electron chi connectivity index (χ2n) is 11.3. The van der Waals surface area contributed by atoms with Crippen LogP contribution in [0.25, 0.3) is 0 Å². The Morgan fingerprint density at radius 3 is 1.00 bits per heavy atom. The maximum Gasteiger partial charge on any atom is 0.00222 e. The predicted octanol–water partition coefficient (Wildman–Crippen LogP) is 7.78. The Bertz CT molecular complexity index is 511. The van der Waals surface area contributed by atoms with Crippen molar-refractivity contribution in [3.63, 3.8) is 0 Å². The highest BCUT2D eigenvalue weighted by Gasteiger charge is 2.38. The predicted molar refractivity (Wildman–Crippen MR) is 141 cm³/mol. The SMILES string of the molecule is SC1CCCC(C2CCC(C3CCC(C4CCC(S)C4)CC(S)C3)CC(S)C2)C1. The summed E-state index contributed by atoms with van der Waals surface area (Å²) in [4.78, 5) is 0. The zero-order chi connectivity index (χ0) is 20.4. The Hall–Kier alpha value is 1.40. The molecule has 0 spiro atoms. The van der Waals surface area contributed by atoms with Crippen LogP contribution in [-0.4, -0.2) is 21.0 Å². The van der Waals surface area contributed by atoms with E-state index in [9.17, 15) is 0 Å². The van der Waals surface area contributed by atoms with E-state index in [4.69, 9.17) is 50.5 Å². The third-order valence-electron chi connectivity index (χ3n) is 9.25. The average Bonchev–Trinajstić information content (AvgIpc) is 2.89. The van der Waals surface area contributed by atoms with E-state index < -0.39 is 0 Å². The minimum absolute atomic E-state index is 0.616. The number of rotatable bonds is 3. The highest BCUT2D eigenvalue weighted by Crippen LogP contribution is 2.47. The van der Waals surface area contributed by atoms with Crippen molar-refractivity contribution < 1.29 is 0 Å². The summed E-state index contributed by atoms with van der Waals surface area (Å²) in [6.45, 7) is 0. The zero-order valence-electron chi connectivity index (χ0n) is 18.2. The summed E-state index contributed by atoms with van der Waals surface area (Å²) in [5, 5.41) is 2.55. The van der Waals surface area contributed by atoms with E-state index in [0.717, 1.165) is 35.5 Å². The molecule has 4 fully saturated rings. The molecule has 4 heteroatoms. The maximum atomic E-state index is 5.11. The molecule has 0 heterocycles. The van der Waals surface area contributed by atoms with E-state index in [1.807, 2.05) is 0 Å². The van der Waals surface area contributed by atoms with Gasteiger partial charge in [0.1, 0.15) is 0 Å². The molecule has 10 unspecified atom stereocenters. The Kier molecular flexibility index (Phi) is 8.95. The van der Waals surface area contributed by atoms with Crippen LogP contribution in [0.15, 0.2) is 0 Å².